The minimum absolute atomic E-state index is 0.0675. The maximum atomic E-state index is 14.3. The molecule has 0 bridgehead atoms. The second kappa shape index (κ2) is 8.27. The molecule has 1 aliphatic heterocycles. The van der Waals surface area contributed by atoms with Gasteiger partial charge in [-0.05, 0) is 30.4 Å². The van der Waals surface area contributed by atoms with Crippen LogP contribution in [0.25, 0.3) is 6.08 Å². The second-order valence-corrected chi connectivity index (χ2v) is 6.24. The number of thiocarbonyl (C=S) groups is 1. The first-order chi connectivity index (χ1) is 13.9. The van der Waals surface area contributed by atoms with Gasteiger partial charge in [-0.3, -0.25) is 14.9 Å². The van der Waals surface area contributed by atoms with Gasteiger partial charge in [0, 0.05) is 12.1 Å². The number of rotatable bonds is 5. The maximum Gasteiger partial charge on any atom is 0.270 e. The third-order valence-corrected chi connectivity index (χ3v) is 4.52. The lowest BCUT2D eigenvalue weighted by Gasteiger charge is -2.29. The molecule has 0 aliphatic carbocycles. The summed E-state index contributed by atoms with van der Waals surface area (Å²) < 4.78 is 30.1. The average molecular weight is 416 g/mol. The normalized spacial score (nSPS) is 15.4. The first kappa shape index (κ1) is 20.3. The number of methoxy groups -OCH3 is 3. The average Bonchev–Trinajstić information content (AvgIpc) is 2.71. The number of anilines is 1. The monoisotopic (exact) mass is 416 g/mol. The Morgan fingerprint density at radius 3 is 2.21 bits per heavy atom. The van der Waals surface area contributed by atoms with E-state index < -0.39 is 17.6 Å². The molecule has 1 aliphatic rings. The third-order valence-electron chi connectivity index (χ3n) is 4.24. The van der Waals surface area contributed by atoms with Crippen LogP contribution in [0.4, 0.5) is 10.1 Å². The van der Waals surface area contributed by atoms with Crippen molar-refractivity contribution in [2.24, 2.45) is 0 Å². The highest BCUT2D eigenvalue weighted by Crippen LogP contribution is 2.36. The molecule has 0 atom stereocenters. The van der Waals surface area contributed by atoms with Crippen molar-refractivity contribution >= 4 is 40.9 Å². The standard InChI is InChI=1S/C20H17FN2O5S/c1-26-11-8-16(27-2)12(17(9-11)28-3)10-13-18(24)22-20(29)23(19(13)25)15-7-5-4-6-14(15)21/h4-10H,1-3H3,(H,22,24,29)/b13-10+. The molecule has 2 aromatic carbocycles. The smallest absolute Gasteiger partial charge is 0.270 e. The number of ether oxygens (including phenoxy) is 3. The van der Waals surface area contributed by atoms with E-state index >= 15 is 0 Å². The van der Waals surface area contributed by atoms with E-state index in [0.717, 1.165) is 4.90 Å². The van der Waals surface area contributed by atoms with Gasteiger partial charge in [0.2, 0.25) is 0 Å². The Kier molecular flexibility index (Phi) is 5.79. The maximum absolute atomic E-state index is 14.3. The SMILES string of the molecule is COc1cc(OC)c(/C=C2\C(=O)NC(=S)N(c3ccccc3F)C2=O)c(OC)c1. The molecule has 0 spiro atoms. The van der Waals surface area contributed by atoms with Gasteiger partial charge in [0.05, 0.1) is 32.6 Å². The fourth-order valence-corrected chi connectivity index (χ4v) is 3.10. The van der Waals surface area contributed by atoms with Crippen LogP contribution in [0.15, 0.2) is 42.0 Å². The molecule has 0 unspecified atom stereocenters. The number of carbonyl (C=O) groups excluding carboxylic acids is 2. The number of amides is 2. The zero-order chi connectivity index (χ0) is 21.1. The Labute approximate surface area is 171 Å². The Hall–Kier alpha value is -3.46. The number of benzene rings is 2. The van der Waals surface area contributed by atoms with Gasteiger partial charge >= 0.3 is 0 Å². The van der Waals surface area contributed by atoms with Crippen LogP contribution in [0.2, 0.25) is 0 Å². The molecule has 0 saturated carbocycles. The van der Waals surface area contributed by atoms with Crippen LogP contribution in [-0.2, 0) is 9.59 Å². The summed E-state index contributed by atoms with van der Waals surface area (Å²) in [4.78, 5) is 26.5. The van der Waals surface area contributed by atoms with Crippen LogP contribution in [0.3, 0.4) is 0 Å². The molecule has 1 heterocycles. The van der Waals surface area contributed by atoms with Crippen molar-refractivity contribution in [3.8, 4) is 17.2 Å². The molecule has 2 aromatic rings. The molecule has 7 nitrogen and oxygen atoms in total. The highest BCUT2D eigenvalue weighted by atomic mass is 32.1. The summed E-state index contributed by atoms with van der Waals surface area (Å²) in [6.07, 6.45) is 1.31. The van der Waals surface area contributed by atoms with Gasteiger partial charge in [0.1, 0.15) is 28.6 Å². The zero-order valence-electron chi connectivity index (χ0n) is 15.8. The number of para-hydroxylation sites is 1. The molecule has 29 heavy (non-hydrogen) atoms. The lowest BCUT2D eigenvalue weighted by molar-refractivity contribution is -0.122. The molecule has 2 amide bonds. The molecule has 9 heteroatoms. The van der Waals surface area contributed by atoms with Crippen molar-refractivity contribution in [2.45, 2.75) is 0 Å². The first-order valence-electron chi connectivity index (χ1n) is 8.37. The van der Waals surface area contributed by atoms with Crippen LogP contribution in [0.5, 0.6) is 17.2 Å². The Bertz CT molecular complexity index is 1010. The topological polar surface area (TPSA) is 77.1 Å². The summed E-state index contributed by atoms with van der Waals surface area (Å²) in [6, 6.07) is 8.80. The molecular formula is C20H17FN2O5S. The number of halogens is 1. The van der Waals surface area contributed by atoms with Gasteiger partial charge in [-0.25, -0.2) is 9.29 Å². The predicted molar refractivity (Wildman–Crippen MR) is 109 cm³/mol. The molecule has 3 rings (SSSR count). The number of nitrogens with one attached hydrogen (secondary N) is 1. The summed E-state index contributed by atoms with van der Waals surface area (Å²) in [7, 11) is 4.34. The minimum Gasteiger partial charge on any atom is -0.496 e. The van der Waals surface area contributed by atoms with Crippen LogP contribution >= 0.6 is 12.2 Å². The lowest BCUT2D eigenvalue weighted by atomic mass is 10.0. The van der Waals surface area contributed by atoms with Crippen molar-refractivity contribution in [1.82, 2.24) is 5.32 Å². The van der Waals surface area contributed by atoms with Crippen molar-refractivity contribution in [1.29, 1.82) is 0 Å². The van der Waals surface area contributed by atoms with E-state index in [1.54, 1.807) is 18.2 Å². The zero-order valence-corrected chi connectivity index (χ0v) is 16.6. The molecule has 0 aromatic heterocycles. The summed E-state index contributed by atoms with van der Waals surface area (Å²) in [5.41, 5.74) is 0.0151. The van der Waals surface area contributed by atoms with E-state index in [2.05, 4.69) is 5.32 Å². The van der Waals surface area contributed by atoms with E-state index in [9.17, 15) is 14.0 Å². The van der Waals surface area contributed by atoms with Gasteiger partial charge in [0.15, 0.2) is 5.11 Å². The van der Waals surface area contributed by atoms with Crippen molar-refractivity contribution in [2.75, 3.05) is 26.2 Å². The van der Waals surface area contributed by atoms with E-state index in [1.807, 2.05) is 0 Å². The molecule has 1 saturated heterocycles. The van der Waals surface area contributed by atoms with E-state index in [4.69, 9.17) is 26.4 Å². The van der Waals surface area contributed by atoms with Crippen molar-refractivity contribution in [3.05, 3.63) is 53.4 Å². The van der Waals surface area contributed by atoms with Crippen molar-refractivity contribution < 1.29 is 28.2 Å². The van der Waals surface area contributed by atoms with Gasteiger partial charge in [-0.1, -0.05) is 12.1 Å². The van der Waals surface area contributed by atoms with E-state index in [-0.39, 0.29) is 16.4 Å². The lowest BCUT2D eigenvalue weighted by Crippen LogP contribution is -2.54. The molecule has 1 N–H and O–H groups in total. The molecular weight excluding hydrogens is 399 g/mol. The van der Waals surface area contributed by atoms with Crippen molar-refractivity contribution in [3.63, 3.8) is 0 Å². The first-order valence-corrected chi connectivity index (χ1v) is 8.78. The highest BCUT2D eigenvalue weighted by Gasteiger charge is 2.36. The van der Waals surface area contributed by atoms with Crippen LogP contribution in [-0.4, -0.2) is 38.3 Å². The van der Waals surface area contributed by atoms with Gasteiger partial charge in [0.25, 0.3) is 11.8 Å². The molecule has 150 valence electrons. The second-order valence-electron chi connectivity index (χ2n) is 5.85. The number of hydrogen-bond acceptors (Lipinski definition) is 6. The fraction of sp³-hybridized carbons (Fsp3) is 0.150. The van der Waals surface area contributed by atoms with E-state index in [0.29, 0.717) is 22.8 Å². The third kappa shape index (κ3) is 3.77. The molecule has 0 radical (unpaired) electrons. The van der Waals surface area contributed by atoms with Gasteiger partial charge in [-0.2, -0.15) is 0 Å². The Balaban J connectivity index is 2.14. The Morgan fingerprint density at radius 1 is 1.03 bits per heavy atom. The van der Waals surface area contributed by atoms with Gasteiger partial charge in [-0.15, -0.1) is 0 Å². The summed E-state index contributed by atoms with van der Waals surface area (Å²) in [6.45, 7) is 0. The minimum atomic E-state index is -0.774. The predicted octanol–water partition coefficient (Wildman–Crippen LogP) is 2.68. The summed E-state index contributed by atoms with van der Waals surface area (Å²) >= 11 is 5.08. The number of hydrogen-bond donors (Lipinski definition) is 1. The van der Waals surface area contributed by atoms with E-state index in [1.165, 1.54) is 45.6 Å². The van der Waals surface area contributed by atoms with Crippen LogP contribution in [0, 0.1) is 5.82 Å². The largest absolute Gasteiger partial charge is 0.496 e. The number of carbonyl (C=O) groups is 2. The highest BCUT2D eigenvalue weighted by molar-refractivity contribution is 7.80. The summed E-state index contributed by atoms with van der Waals surface area (Å²) in [5, 5.41) is 2.20. The quantitative estimate of drug-likeness (QED) is 0.459. The van der Waals surface area contributed by atoms with Gasteiger partial charge < -0.3 is 14.2 Å². The Morgan fingerprint density at radius 2 is 1.66 bits per heavy atom. The van der Waals surface area contributed by atoms with Crippen LogP contribution < -0.4 is 24.4 Å². The fourth-order valence-electron chi connectivity index (χ4n) is 2.83. The number of nitrogens with zero attached hydrogens (tertiary/aromatic N) is 1. The summed E-state index contributed by atoms with van der Waals surface area (Å²) in [5.74, 6) is -1.04. The molecule has 1 fully saturated rings. The van der Waals surface area contributed by atoms with Crippen LogP contribution in [0.1, 0.15) is 5.56 Å².